The smallest absolute Gasteiger partial charge is 0.254 e. The van der Waals surface area contributed by atoms with Crippen LogP contribution >= 0.6 is 0 Å². The number of anilines is 1. The number of nitrogens with zero attached hydrogens (tertiary/aromatic N) is 3. The van der Waals surface area contributed by atoms with E-state index in [2.05, 4.69) is 25.7 Å². The number of primary amides is 1. The lowest BCUT2D eigenvalue weighted by Crippen LogP contribution is -2.42. The number of aromatic nitrogens is 2. The minimum absolute atomic E-state index is 0.0743. The molecule has 0 aliphatic carbocycles. The highest BCUT2D eigenvalue weighted by Crippen LogP contribution is 2.40. The molecule has 0 radical (unpaired) electrons. The van der Waals surface area contributed by atoms with Gasteiger partial charge >= 0.3 is 0 Å². The van der Waals surface area contributed by atoms with Crippen molar-refractivity contribution in [3.63, 3.8) is 0 Å². The summed E-state index contributed by atoms with van der Waals surface area (Å²) in [6, 6.07) is 17.3. The first-order valence-corrected chi connectivity index (χ1v) is 13.8. The highest BCUT2D eigenvalue weighted by Gasteiger charge is 2.36. The van der Waals surface area contributed by atoms with Crippen molar-refractivity contribution >= 4 is 17.6 Å². The average Bonchev–Trinajstić information content (AvgIpc) is 3.33. The number of ether oxygens (including phenoxy) is 1. The van der Waals surface area contributed by atoms with E-state index in [1.807, 2.05) is 64.2 Å². The monoisotopic (exact) mass is 527 g/mol. The van der Waals surface area contributed by atoms with Crippen molar-refractivity contribution in [3.8, 4) is 22.8 Å². The molecule has 1 atom stereocenters. The van der Waals surface area contributed by atoms with E-state index in [0.29, 0.717) is 53.3 Å². The predicted molar refractivity (Wildman–Crippen MR) is 153 cm³/mol. The summed E-state index contributed by atoms with van der Waals surface area (Å²) in [6.07, 6.45) is 3.39. The highest BCUT2D eigenvalue weighted by molar-refractivity contribution is 6.03. The molecule has 0 saturated carbocycles. The molecule has 1 unspecified atom stereocenters. The maximum atomic E-state index is 12.9. The molecule has 0 bridgehead atoms. The summed E-state index contributed by atoms with van der Waals surface area (Å²) in [4.78, 5) is 27.4. The van der Waals surface area contributed by atoms with Crippen molar-refractivity contribution in [2.45, 2.75) is 45.6 Å². The SMILES string of the molecule is C=C(CC(C)C)C(=O)N1CCC(C2CCNc3c(C(N)=O)c(-c4ccc(Oc5ccccc5)cc4)nn32)CC1. The number of hydrogen-bond acceptors (Lipinski definition) is 5. The zero-order valence-electron chi connectivity index (χ0n) is 22.7. The fraction of sp³-hybridized carbons (Fsp3) is 0.387. The van der Waals surface area contributed by atoms with Crippen molar-refractivity contribution in [2.24, 2.45) is 17.6 Å². The molecule has 3 aromatic rings. The minimum atomic E-state index is -0.506. The second-order valence-electron chi connectivity index (χ2n) is 10.9. The normalized spacial score (nSPS) is 17.4. The molecule has 5 rings (SSSR count). The van der Waals surface area contributed by atoms with Gasteiger partial charge in [-0.15, -0.1) is 0 Å². The Labute approximate surface area is 229 Å². The zero-order valence-corrected chi connectivity index (χ0v) is 22.7. The van der Waals surface area contributed by atoms with E-state index in [4.69, 9.17) is 15.6 Å². The Bertz CT molecular complexity index is 1340. The van der Waals surface area contributed by atoms with Crippen molar-refractivity contribution in [1.29, 1.82) is 0 Å². The lowest BCUT2D eigenvalue weighted by Gasteiger charge is -2.38. The highest BCUT2D eigenvalue weighted by atomic mass is 16.5. The standard InChI is InChI=1S/C31H37N5O3/c1-20(2)19-21(3)31(38)35-17-14-22(15-18-35)26-13-16-33-30-27(29(32)37)28(34-36(26)30)23-9-11-25(12-10-23)39-24-7-5-4-6-8-24/h4-12,20,22,26,33H,3,13-19H2,1-2H3,(H2,32,37). The van der Waals surface area contributed by atoms with Crippen LogP contribution in [0.4, 0.5) is 5.82 Å². The van der Waals surface area contributed by atoms with E-state index >= 15 is 0 Å². The van der Waals surface area contributed by atoms with Crippen LogP contribution in [-0.4, -0.2) is 46.1 Å². The zero-order chi connectivity index (χ0) is 27.5. The number of nitrogens with one attached hydrogen (secondary N) is 1. The Balaban J connectivity index is 1.34. The third-order valence-corrected chi connectivity index (χ3v) is 7.64. The summed E-state index contributed by atoms with van der Waals surface area (Å²) < 4.78 is 7.89. The molecule has 1 saturated heterocycles. The number of benzene rings is 2. The fourth-order valence-electron chi connectivity index (χ4n) is 5.77. The van der Waals surface area contributed by atoms with Crippen LogP contribution in [-0.2, 0) is 4.79 Å². The topological polar surface area (TPSA) is 102 Å². The number of carbonyl (C=O) groups is 2. The number of amides is 2. The van der Waals surface area contributed by atoms with E-state index in [0.717, 1.165) is 43.5 Å². The molecule has 39 heavy (non-hydrogen) atoms. The van der Waals surface area contributed by atoms with Gasteiger partial charge in [0, 0.05) is 30.8 Å². The number of piperidine rings is 1. The molecular formula is C31H37N5O3. The molecule has 8 nitrogen and oxygen atoms in total. The number of hydrogen-bond donors (Lipinski definition) is 2. The van der Waals surface area contributed by atoms with Gasteiger partial charge < -0.3 is 20.7 Å². The van der Waals surface area contributed by atoms with Crippen LogP contribution in [0, 0.1) is 11.8 Å². The van der Waals surface area contributed by atoms with Gasteiger partial charge in [-0.05, 0) is 73.9 Å². The van der Waals surface area contributed by atoms with E-state index in [1.165, 1.54) is 0 Å². The van der Waals surface area contributed by atoms with Gasteiger partial charge in [-0.1, -0.05) is 38.6 Å². The maximum Gasteiger partial charge on any atom is 0.254 e. The molecule has 2 aromatic carbocycles. The Morgan fingerprint density at radius 2 is 1.72 bits per heavy atom. The van der Waals surface area contributed by atoms with Gasteiger partial charge in [-0.25, -0.2) is 4.68 Å². The van der Waals surface area contributed by atoms with Crippen LogP contribution in [0.25, 0.3) is 11.3 Å². The lowest BCUT2D eigenvalue weighted by molar-refractivity contribution is -0.129. The Hall–Kier alpha value is -4.07. The molecule has 0 spiro atoms. The summed E-state index contributed by atoms with van der Waals surface area (Å²) in [5.41, 5.74) is 8.35. The van der Waals surface area contributed by atoms with Crippen molar-refractivity contribution < 1.29 is 14.3 Å². The Morgan fingerprint density at radius 3 is 2.36 bits per heavy atom. The average molecular weight is 528 g/mol. The second kappa shape index (κ2) is 11.4. The van der Waals surface area contributed by atoms with Crippen LogP contribution in [0.3, 0.4) is 0 Å². The summed E-state index contributed by atoms with van der Waals surface area (Å²) in [7, 11) is 0. The quantitative estimate of drug-likeness (QED) is 0.369. The van der Waals surface area contributed by atoms with Gasteiger partial charge in [0.1, 0.15) is 28.6 Å². The molecule has 1 fully saturated rings. The van der Waals surface area contributed by atoms with E-state index in [1.54, 1.807) is 0 Å². The molecule has 2 aliphatic heterocycles. The summed E-state index contributed by atoms with van der Waals surface area (Å²) in [5.74, 6) is 2.46. The fourth-order valence-corrected chi connectivity index (χ4v) is 5.77. The van der Waals surface area contributed by atoms with Crippen molar-refractivity contribution in [2.75, 3.05) is 25.0 Å². The van der Waals surface area contributed by atoms with Crippen molar-refractivity contribution in [3.05, 3.63) is 72.3 Å². The van der Waals surface area contributed by atoms with E-state index < -0.39 is 5.91 Å². The first-order chi connectivity index (χ1) is 18.8. The van der Waals surface area contributed by atoms with Gasteiger partial charge in [-0.2, -0.15) is 5.10 Å². The largest absolute Gasteiger partial charge is 0.457 e. The Morgan fingerprint density at radius 1 is 1.05 bits per heavy atom. The molecular weight excluding hydrogens is 490 g/mol. The van der Waals surface area contributed by atoms with Crippen molar-refractivity contribution in [1.82, 2.24) is 14.7 Å². The van der Waals surface area contributed by atoms with Crippen LogP contribution < -0.4 is 15.8 Å². The first-order valence-electron chi connectivity index (χ1n) is 13.8. The van der Waals surface area contributed by atoms with Gasteiger partial charge in [0.25, 0.3) is 5.91 Å². The number of likely N-dealkylation sites (tertiary alicyclic amines) is 1. The van der Waals surface area contributed by atoms with Gasteiger partial charge in [0.15, 0.2) is 0 Å². The molecule has 1 aromatic heterocycles. The Kier molecular flexibility index (Phi) is 7.72. The molecule has 3 heterocycles. The summed E-state index contributed by atoms with van der Waals surface area (Å²) >= 11 is 0. The number of nitrogens with two attached hydrogens (primary N) is 1. The predicted octanol–water partition coefficient (Wildman–Crippen LogP) is 5.64. The van der Waals surface area contributed by atoms with E-state index in [9.17, 15) is 9.59 Å². The van der Waals surface area contributed by atoms with E-state index in [-0.39, 0.29) is 11.9 Å². The maximum absolute atomic E-state index is 12.9. The number of carbonyl (C=O) groups excluding carboxylic acids is 2. The molecule has 2 amide bonds. The molecule has 8 heteroatoms. The lowest BCUT2D eigenvalue weighted by atomic mass is 9.86. The van der Waals surface area contributed by atoms with Gasteiger partial charge in [0.2, 0.25) is 5.91 Å². The first kappa shape index (κ1) is 26.5. The van der Waals surface area contributed by atoms with Gasteiger partial charge in [-0.3, -0.25) is 9.59 Å². The number of fused-ring (bicyclic) bond motifs is 1. The minimum Gasteiger partial charge on any atom is -0.457 e. The molecule has 3 N–H and O–H groups in total. The third kappa shape index (κ3) is 5.70. The summed E-state index contributed by atoms with van der Waals surface area (Å²) in [6.45, 7) is 10.4. The summed E-state index contributed by atoms with van der Waals surface area (Å²) in [5, 5.41) is 8.32. The van der Waals surface area contributed by atoms with Crippen LogP contribution in [0.5, 0.6) is 11.5 Å². The second-order valence-corrected chi connectivity index (χ2v) is 10.9. The van der Waals surface area contributed by atoms with Crippen LogP contribution in [0.1, 0.15) is 55.9 Å². The number of para-hydroxylation sites is 1. The molecule has 204 valence electrons. The van der Waals surface area contributed by atoms with Crippen LogP contribution in [0.2, 0.25) is 0 Å². The molecule has 2 aliphatic rings. The number of rotatable bonds is 8. The van der Waals surface area contributed by atoms with Gasteiger partial charge in [0.05, 0.1) is 6.04 Å². The third-order valence-electron chi connectivity index (χ3n) is 7.64. The van der Waals surface area contributed by atoms with Crippen LogP contribution in [0.15, 0.2) is 66.7 Å².